The third-order valence-corrected chi connectivity index (χ3v) is 2.18. The molecule has 0 aliphatic carbocycles. The average molecular weight is 206 g/mol. The van der Waals surface area contributed by atoms with E-state index in [1.165, 1.54) is 18.2 Å². The fraction of sp³-hybridized carbons (Fsp3) is 0.308. The lowest BCUT2D eigenvalue weighted by Gasteiger charge is -2.22. The Labute approximate surface area is 89.6 Å². The number of halogens is 1. The third-order valence-electron chi connectivity index (χ3n) is 2.18. The summed E-state index contributed by atoms with van der Waals surface area (Å²) in [5.41, 5.74) is 1.43. The molecular weight excluding hydrogens is 191 g/mol. The molecular formula is C13H15FO. The van der Waals surface area contributed by atoms with Gasteiger partial charge in [0.25, 0.3) is 0 Å². The SMILES string of the molecule is CC(C)(C)/C(=C/C=O)c1cccc(F)c1. The van der Waals surface area contributed by atoms with Gasteiger partial charge in [-0.15, -0.1) is 0 Å². The summed E-state index contributed by atoms with van der Waals surface area (Å²) in [7, 11) is 0. The highest BCUT2D eigenvalue weighted by Crippen LogP contribution is 2.33. The number of carbonyl (C=O) groups excluding carboxylic acids is 1. The molecule has 0 aromatic heterocycles. The number of hydrogen-bond donors (Lipinski definition) is 0. The minimum Gasteiger partial charge on any atom is -0.299 e. The van der Waals surface area contributed by atoms with Crippen LogP contribution in [0.4, 0.5) is 4.39 Å². The summed E-state index contributed by atoms with van der Waals surface area (Å²) in [4.78, 5) is 10.6. The van der Waals surface area contributed by atoms with E-state index in [9.17, 15) is 9.18 Å². The van der Waals surface area contributed by atoms with Crippen molar-refractivity contribution in [3.8, 4) is 0 Å². The van der Waals surface area contributed by atoms with Crippen LogP contribution >= 0.6 is 0 Å². The van der Waals surface area contributed by atoms with Crippen molar-refractivity contribution in [1.29, 1.82) is 0 Å². The summed E-state index contributed by atoms with van der Waals surface area (Å²) in [5.74, 6) is -0.284. The Balaban J connectivity index is 3.23. The van der Waals surface area contributed by atoms with Crippen molar-refractivity contribution in [2.75, 3.05) is 0 Å². The number of aldehydes is 1. The normalized spacial score (nSPS) is 12.7. The van der Waals surface area contributed by atoms with Crippen LogP contribution in [-0.2, 0) is 4.79 Å². The zero-order valence-electron chi connectivity index (χ0n) is 9.25. The van der Waals surface area contributed by atoms with Gasteiger partial charge in [0.15, 0.2) is 0 Å². The van der Waals surface area contributed by atoms with E-state index >= 15 is 0 Å². The first-order valence-electron chi connectivity index (χ1n) is 4.87. The van der Waals surface area contributed by atoms with Crippen LogP contribution in [0, 0.1) is 11.2 Å². The van der Waals surface area contributed by atoms with Gasteiger partial charge in [0.05, 0.1) is 0 Å². The molecule has 0 saturated carbocycles. The van der Waals surface area contributed by atoms with Crippen LogP contribution in [0.25, 0.3) is 5.57 Å². The largest absolute Gasteiger partial charge is 0.299 e. The van der Waals surface area contributed by atoms with Gasteiger partial charge in [-0.3, -0.25) is 4.79 Å². The predicted octanol–water partition coefficient (Wildman–Crippen LogP) is 3.45. The summed E-state index contributed by atoms with van der Waals surface area (Å²) in [5, 5.41) is 0. The zero-order chi connectivity index (χ0) is 11.5. The van der Waals surface area contributed by atoms with Crippen LogP contribution in [0.2, 0.25) is 0 Å². The highest BCUT2D eigenvalue weighted by atomic mass is 19.1. The van der Waals surface area contributed by atoms with E-state index in [4.69, 9.17) is 0 Å². The fourth-order valence-corrected chi connectivity index (χ4v) is 1.50. The van der Waals surface area contributed by atoms with Gasteiger partial charge in [-0.2, -0.15) is 0 Å². The summed E-state index contributed by atoms with van der Waals surface area (Å²) in [6, 6.07) is 6.30. The maximum absolute atomic E-state index is 13.0. The molecule has 0 fully saturated rings. The van der Waals surface area contributed by atoms with E-state index < -0.39 is 0 Å². The van der Waals surface area contributed by atoms with Crippen molar-refractivity contribution in [2.24, 2.45) is 5.41 Å². The first-order chi connectivity index (χ1) is 6.95. The Morgan fingerprint density at radius 2 is 2.00 bits per heavy atom. The first kappa shape index (κ1) is 11.6. The lowest BCUT2D eigenvalue weighted by molar-refractivity contribution is -0.104. The molecule has 0 aliphatic heterocycles. The monoisotopic (exact) mass is 206 g/mol. The van der Waals surface area contributed by atoms with E-state index in [2.05, 4.69) is 0 Å². The molecule has 0 radical (unpaired) electrons. The van der Waals surface area contributed by atoms with Gasteiger partial charge < -0.3 is 0 Å². The molecule has 15 heavy (non-hydrogen) atoms. The van der Waals surface area contributed by atoms with E-state index in [1.54, 1.807) is 6.07 Å². The van der Waals surface area contributed by atoms with Crippen molar-refractivity contribution in [1.82, 2.24) is 0 Å². The number of benzene rings is 1. The Kier molecular flexibility index (Phi) is 3.40. The quantitative estimate of drug-likeness (QED) is 0.535. The maximum atomic E-state index is 13.0. The van der Waals surface area contributed by atoms with Gasteiger partial charge in [0, 0.05) is 0 Å². The second-order valence-corrected chi connectivity index (χ2v) is 4.48. The summed E-state index contributed by atoms with van der Waals surface area (Å²) >= 11 is 0. The standard InChI is InChI=1S/C13H15FO/c1-13(2,3)12(7-8-15)10-5-4-6-11(14)9-10/h4-9H,1-3H3/b12-7+. The zero-order valence-corrected chi connectivity index (χ0v) is 9.25. The van der Waals surface area contributed by atoms with Crippen molar-refractivity contribution < 1.29 is 9.18 Å². The molecule has 0 unspecified atom stereocenters. The van der Waals surface area contributed by atoms with Gasteiger partial charge in [-0.1, -0.05) is 32.9 Å². The summed E-state index contributed by atoms with van der Waals surface area (Å²) in [6.45, 7) is 5.98. The van der Waals surface area contributed by atoms with Crippen molar-refractivity contribution >= 4 is 11.9 Å². The van der Waals surface area contributed by atoms with Crippen LogP contribution < -0.4 is 0 Å². The van der Waals surface area contributed by atoms with Gasteiger partial charge in [-0.25, -0.2) is 4.39 Å². The van der Waals surface area contributed by atoms with Crippen LogP contribution in [0.5, 0.6) is 0 Å². The van der Waals surface area contributed by atoms with E-state index in [-0.39, 0.29) is 11.2 Å². The molecule has 1 rings (SSSR count). The molecule has 0 aliphatic rings. The molecule has 1 aromatic rings. The Morgan fingerprint density at radius 1 is 1.33 bits per heavy atom. The molecule has 2 heteroatoms. The minimum absolute atomic E-state index is 0.172. The van der Waals surface area contributed by atoms with Crippen LogP contribution in [-0.4, -0.2) is 6.29 Å². The number of allylic oxidation sites excluding steroid dienone is 2. The van der Waals surface area contributed by atoms with Gasteiger partial charge in [-0.05, 0) is 34.8 Å². The van der Waals surface area contributed by atoms with Crippen molar-refractivity contribution in [3.63, 3.8) is 0 Å². The molecule has 1 nitrogen and oxygen atoms in total. The smallest absolute Gasteiger partial charge is 0.143 e. The lowest BCUT2D eigenvalue weighted by atomic mass is 9.82. The highest BCUT2D eigenvalue weighted by molar-refractivity contribution is 5.83. The summed E-state index contributed by atoms with van der Waals surface area (Å²) in [6.07, 6.45) is 2.24. The molecule has 0 amide bonds. The number of hydrogen-bond acceptors (Lipinski definition) is 1. The fourth-order valence-electron chi connectivity index (χ4n) is 1.50. The molecule has 0 heterocycles. The van der Waals surface area contributed by atoms with Crippen LogP contribution in [0.3, 0.4) is 0 Å². The molecule has 0 bridgehead atoms. The molecule has 80 valence electrons. The first-order valence-corrected chi connectivity index (χ1v) is 4.87. The molecule has 0 saturated heterocycles. The minimum atomic E-state index is -0.284. The topological polar surface area (TPSA) is 17.1 Å². The van der Waals surface area contributed by atoms with E-state index in [0.717, 1.165) is 17.4 Å². The average Bonchev–Trinajstić information content (AvgIpc) is 2.12. The summed E-state index contributed by atoms with van der Waals surface area (Å²) < 4.78 is 13.0. The Hall–Kier alpha value is -1.44. The van der Waals surface area contributed by atoms with Crippen molar-refractivity contribution in [2.45, 2.75) is 20.8 Å². The Bertz CT molecular complexity index is 386. The predicted molar refractivity (Wildman–Crippen MR) is 59.9 cm³/mol. The van der Waals surface area contributed by atoms with Crippen LogP contribution in [0.1, 0.15) is 26.3 Å². The molecule has 0 N–H and O–H groups in total. The van der Waals surface area contributed by atoms with Crippen LogP contribution in [0.15, 0.2) is 30.3 Å². The van der Waals surface area contributed by atoms with Crippen molar-refractivity contribution in [3.05, 3.63) is 41.7 Å². The van der Waals surface area contributed by atoms with Gasteiger partial charge in [0.2, 0.25) is 0 Å². The molecule has 0 atom stereocenters. The molecule has 0 spiro atoms. The number of rotatable bonds is 2. The second kappa shape index (κ2) is 4.39. The maximum Gasteiger partial charge on any atom is 0.143 e. The van der Waals surface area contributed by atoms with E-state index in [0.29, 0.717) is 0 Å². The van der Waals surface area contributed by atoms with Gasteiger partial charge in [0.1, 0.15) is 12.1 Å². The van der Waals surface area contributed by atoms with Gasteiger partial charge >= 0.3 is 0 Å². The van der Waals surface area contributed by atoms with E-state index in [1.807, 2.05) is 26.8 Å². The lowest BCUT2D eigenvalue weighted by Crippen LogP contribution is -2.08. The second-order valence-electron chi connectivity index (χ2n) is 4.48. The Morgan fingerprint density at radius 3 is 2.47 bits per heavy atom. The number of carbonyl (C=O) groups is 1. The highest BCUT2D eigenvalue weighted by Gasteiger charge is 2.18. The molecule has 1 aromatic carbocycles. The third kappa shape index (κ3) is 3.01.